The average molecular weight is 345 g/mol. The molecule has 3 rings (SSSR count). The number of carbonyl (C=O) groups excluding carboxylic acids is 2. The van der Waals surface area contributed by atoms with Gasteiger partial charge in [-0.1, -0.05) is 19.8 Å². The summed E-state index contributed by atoms with van der Waals surface area (Å²) in [7, 11) is 0. The average Bonchev–Trinajstić information content (AvgIpc) is 3.09. The van der Waals surface area contributed by atoms with Crippen molar-refractivity contribution in [3.63, 3.8) is 0 Å². The maximum Gasteiger partial charge on any atom is 0.306 e. The van der Waals surface area contributed by atoms with E-state index < -0.39 is 18.0 Å². The van der Waals surface area contributed by atoms with Gasteiger partial charge in [0, 0.05) is 18.0 Å². The number of ketones is 1. The molecule has 0 aromatic heterocycles. The molecule has 0 radical (unpaired) electrons. The number of carboxylic acids is 1. The predicted octanol–water partition coefficient (Wildman–Crippen LogP) is 3.04. The van der Waals surface area contributed by atoms with Gasteiger partial charge >= 0.3 is 5.97 Å². The molecule has 0 bridgehead atoms. The van der Waals surface area contributed by atoms with Crippen LogP contribution in [0.15, 0.2) is 18.2 Å². The number of amides is 1. The van der Waals surface area contributed by atoms with Gasteiger partial charge in [0.2, 0.25) is 0 Å². The highest BCUT2D eigenvalue weighted by molar-refractivity contribution is 6.04. The van der Waals surface area contributed by atoms with Gasteiger partial charge in [0.15, 0.2) is 11.9 Å². The number of ether oxygens (including phenoxy) is 1. The zero-order valence-corrected chi connectivity index (χ0v) is 14.5. The molecule has 1 aromatic rings. The van der Waals surface area contributed by atoms with Gasteiger partial charge in [0.25, 0.3) is 5.91 Å². The van der Waals surface area contributed by atoms with Crippen LogP contribution in [0.1, 0.15) is 56.3 Å². The van der Waals surface area contributed by atoms with Crippen LogP contribution in [-0.4, -0.2) is 34.9 Å². The Kier molecular flexibility index (Phi) is 4.79. The maximum absolute atomic E-state index is 12.7. The third-order valence-electron chi connectivity index (χ3n) is 5.03. The third-order valence-corrected chi connectivity index (χ3v) is 5.03. The van der Waals surface area contributed by atoms with Gasteiger partial charge in [0.05, 0.1) is 11.6 Å². The van der Waals surface area contributed by atoms with E-state index in [2.05, 4.69) is 0 Å². The highest BCUT2D eigenvalue weighted by Crippen LogP contribution is 2.39. The Morgan fingerprint density at radius 1 is 1.32 bits per heavy atom. The molecule has 134 valence electrons. The molecule has 1 amide bonds. The van der Waals surface area contributed by atoms with Gasteiger partial charge in [-0.25, -0.2) is 0 Å². The van der Waals surface area contributed by atoms with E-state index in [-0.39, 0.29) is 24.2 Å². The highest BCUT2D eigenvalue weighted by Gasteiger charge is 2.37. The lowest BCUT2D eigenvalue weighted by atomic mass is 9.98. The van der Waals surface area contributed by atoms with Crippen LogP contribution in [0.2, 0.25) is 0 Å². The molecule has 0 saturated heterocycles. The van der Waals surface area contributed by atoms with E-state index in [1.807, 2.05) is 0 Å². The first-order chi connectivity index (χ1) is 11.9. The van der Waals surface area contributed by atoms with E-state index in [0.29, 0.717) is 17.0 Å². The number of carbonyl (C=O) groups is 3. The van der Waals surface area contributed by atoms with Crippen molar-refractivity contribution >= 4 is 23.3 Å². The summed E-state index contributed by atoms with van der Waals surface area (Å²) < 4.78 is 5.69. The van der Waals surface area contributed by atoms with Crippen LogP contribution in [0.4, 0.5) is 5.69 Å². The van der Waals surface area contributed by atoms with E-state index in [0.717, 1.165) is 25.7 Å². The first-order valence-corrected chi connectivity index (χ1v) is 8.78. The standard InChI is InChI=1S/C19H23NO5/c1-11(19(23)24)9-16(21)13-7-8-17-15(10-13)20(14-5-3-4-6-14)18(22)12(2)25-17/h7-8,10-12,14H,3-6,9H2,1-2H3,(H,23,24). The van der Waals surface area contributed by atoms with Crippen molar-refractivity contribution < 1.29 is 24.2 Å². The lowest BCUT2D eigenvalue weighted by Gasteiger charge is -2.37. The minimum absolute atomic E-state index is 0.0667. The highest BCUT2D eigenvalue weighted by atomic mass is 16.5. The van der Waals surface area contributed by atoms with Crippen molar-refractivity contribution in [3.8, 4) is 5.75 Å². The van der Waals surface area contributed by atoms with Crippen LogP contribution in [0.25, 0.3) is 0 Å². The number of benzene rings is 1. The minimum atomic E-state index is -0.994. The Balaban J connectivity index is 1.92. The number of anilines is 1. The number of fused-ring (bicyclic) bond motifs is 1. The molecule has 2 aliphatic rings. The number of carboxylic acid groups (broad SMARTS) is 1. The molecule has 25 heavy (non-hydrogen) atoms. The Morgan fingerprint density at radius 3 is 2.64 bits per heavy atom. The molecule has 2 atom stereocenters. The first-order valence-electron chi connectivity index (χ1n) is 8.78. The summed E-state index contributed by atoms with van der Waals surface area (Å²) in [5, 5.41) is 8.99. The number of hydrogen-bond donors (Lipinski definition) is 1. The van der Waals surface area contributed by atoms with E-state index in [1.54, 1.807) is 30.0 Å². The monoisotopic (exact) mass is 345 g/mol. The first kappa shape index (κ1) is 17.5. The molecule has 1 heterocycles. The van der Waals surface area contributed by atoms with Crippen molar-refractivity contribution in [2.75, 3.05) is 4.90 Å². The lowest BCUT2D eigenvalue weighted by molar-refractivity contribution is -0.141. The number of hydrogen-bond acceptors (Lipinski definition) is 4. The molecule has 0 spiro atoms. The van der Waals surface area contributed by atoms with E-state index in [1.165, 1.54) is 6.92 Å². The van der Waals surface area contributed by atoms with Crippen molar-refractivity contribution in [3.05, 3.63) is 23.8 Å². The summed E-state index contributed by atoms with van der Waals surface area (Å²) in [6.07, 6.45) is 3.48. The molecule has 6 heteroatoms. The van der Waals surface area contributed by atoms with Crippen molar-refractivity contribution in [1.82, 2.24) is 0 Å². The normalized spacial score (nSPS) is 21.6. The molecular formula is C19H23NO5. The van der Waals surface area contributed by atoms with Gasteiger partial charge in [0.1, 0.15) is 5.75 Å². The van der Waals surface area contributed by atoms with Gasteiger partial charge in [-0.05, 0) is 38.0 Å². The Morgan fingerprint density at radius 2 is 2.00 bits per heavy atom. The molecule has 6 nitrogen and oxygen atoms in total. The molecule has 1 aliphatic heterocycles. The van der Waals surface area contributed by atoms with Gasteiger partial charge in [-0.3, -0.25) is 14.4 Å². The van der Waals surface area contributed by atoms with E-state index >= 15 is 0 Å². The Hall–Kier alpha value is -2.37. The summed E-state index contributed by atoms with van der Waals surface area (Å²) in [5.74, 6) is -1.46. The molecule has 1 saturated carbocycles. The quantitative estimate of drug-likeness (QED) is 0.829. The SMILES string of the molecule is CC(CC(=O)c1ccc2c(c1)N(C1CCCC1)C(=O)C(C)O2)C(=O)O. The second-order valence-corrected chi connectivity index (χ2v) is 6.96. The predicted molar refractivity (Wildman–Crippen MR) is 92.0 cm³/mol. The second-order valence-electron chi connectivity index (χ2n) is 6.96. The van der Waals surface area contributed by atoms with E-state index in [4.69, 9.17) is 9.84 Å². The third kappa shape index (κ3) is 3.38. The summed E-state index contributed by atoms with van der Waals surface area (Å²) in [5.41, 5.74) is 1.05. The van der Waals surface area contributed by atoms with Crippen molar-refractivity contribution in [2.45, 2.75) is 58.1 Å². The molecular weight excluding hydrogens is 322 g/mol. The van der Waals surface area contributed by atoms with Crippen LogP contribution in [0, 0.1) is 5.92 Å². The molecule has 1 N–H and O–H groups in total. The van der Waals surface area contributed by atoms with Crippen molar-refractivity contribution in [1.29, 1.82) is 0 Å². The van der Waals surface area contributed by atoms with E-state index in [9.17, 15) is 14.4 Å². The van der Waals surface area contributed by atoms with Gasteiger partial charge in [-0.2, -0.15) is 0 Å². The number of rotatable bonds is 5. The zero-order chi connectivity index (χ0) is 18.1. The van der Waals surface area contributed by atoms with Crippen LogP contribution in [0.5, 0.6) is 5.75 Å². The van der Waals surface area contributed by atoms with Gasteiger partial charge < -0.3 is 14.7 Å². The molecule has 1 fully saturated rings. The van der Waals surface area contributed by atoms with Gasteiger partial charge in [-0.15, -0.1) is 0 Å². The maximum atomic E-state index is 12.7. The van der Waals surface area contributed by atoms with Crippen LogP contribution < -0.4 is 9.64 Å². The fraction of sp³-hybridized carbons (Fsp3) is 0.526. The van der Waals surface area contributed by atoms with Crippen LogP contribution >= 0.6 is 0 Å². The fourth-order valence-electron chi connectivity index (χ4n) is 3.56. The largest absolute Gasteiger partial charge is 0.481 e. The Bertz CT molecular complexity index is 708. The van der Waals surface area contributed by atoms with Crippen molar-refractivity contribution in [2.24, 2.45) is 5.92 Å². The zero-order valence-electron chi connectivity index (χ0n) is 14.5. The second kappa shape index (κ2) is 6.86. The summed E-state index contributed by atoms with van der Waals surface area (Å²) >= 11 is 0. The smallest absolute Gasteiger partial charge is 0.306 e. The minimum Gasteiger partial charge on any atom is -0.481 e. The van der Waals surface area contributed by atoms with Crippen LogP contribution in [-0.2, 0) is 9.59 Å². The summed E-state index contributed by atoms with van der Waals surface area (Å²) in [4.78, 5) is 37.8. The Labute approximate surface area is 146 Å². The summed E-state index contributed by atoms with van der Waals surface area (Å²) in [6.45, 7) is 3.25. The fourth-order valence-corrected chi connectivity index (χ4v) is 3.56. The lowest BCUT2D eigenvalue weighted by Crippen LogP contribution is -2.49. The van der Waals surface area contributed by atoms with Crippen LogP contribution in [0.3, 0.4) is 0 Å². The topological polar surface area (TPSA) is 83.9 Å². The number of aliphatic carboxylic acids is 1. The molecule has 1 aromatic carbocycles. The summed E-state index contributed by atoms with van der Waals surface area (Å²) in [6, 6.07) is 5.17. The molecule has 2 unspecified atom stereocenters. The molecule has 1 aliphatic carbocycles. The number of nitrogens with zero attached hydrogens (tertiary/aromatic N) is 1. The number of Topliss-reactive ketones (excluding diaryl/α,β-unsaturated/α-hetero) is 1.